The standard InChI is InChI=1S/C77H60O7S12/c78-46-49-33-60(83-47-50-35-56(79-21-17-52-39-70(62-9-1-25-85-62)93-74(52)66-13-5-29-89-66)43-57(36-50)80-22-18-53-40-71(63-10-2-26-86-63)94-75(53)67-14-6-30-90-67)45-61(34-49)84-48-51-37-58(81-23-19-54-41-72(64-11-3-27-87-64)95-76(54)68-15-7-31-91-68)44-59(38-51)82-24-20-55-42-73(65-12-4-28-88-65)96-77(55)69-16-8-32-92-69/h1-16,25-45,78H,17-24,46-48H2. The Morgan fingerprint density at radius 1 is 0.240 bits per heavy atom. The van der Waals surface area contributed by atoms with Crippen molar-refractivity contribution in [3.8, 4) is 113 Å². The minimum absolute atomic E-state index is 0.198. The maximum atomic E-state index is 10.7. The summed E-state index contributed by atoms with van der Waals surface area (Å²) in [7, 11) is 0. The summed E-state index contributed by atoms with van der Waals surface area (Å²) in [6.07, 6.45) is 2.94. The topological polar surface area (TPSA) is 75.6 Å². The van der Waals surface area contributed by atoms with Gasteiger partial charge in [-0.05, 0) is 191 Å². The molecule has 15 aromatic rings. The van der Waals surface area contributed by atoms with Crippen molar-refractivity contribution in [2.45, 2.75) is 45.5 Å². The molecule has 15 rings (SSSR count). The van der Waals surface area contributed by atoms with Gasteiger partial charge < -0.3 is 33.5 Å². The number of thiophene rings is 12. The SMILES string of the molecule is OCc1cc(OCc2cc(OCCc3cc(-c4cccs4)sc3-c3cccs3)cc(OCCc3cc(-c4cccs4)sc3-c3cccs3)c2)cc(OCc2cc(OCCc3cc(-c4cccs4)sc3-c3cccs3)cc(OCCc3cc(-c4cccs4)sc3-c3cccs3)c2)c1. The largest absolute Gasteiger partial charge is 0.493 e. The van der Waals surface area contributed by atoms with Crippen molar-refractivity contribution in [3.05, 3.63) is 258 Å². The Morgan fingerprint density at radius 2 is 0.469 bits per heavy atom. The summed E-state index contributed by atoms with van der Waals surface area (Å²) in [5.41, 5.74) is 7.50. The smallest absolute Gasteiger partial charge is 0.123 e. The molecule has 0 aliphatic heterocycles. The highest BCUT2D eigenvalue weighted by Gasteiger charge is 2.20. The molecular weight excluding hydrogens is 1420 g/mol. The first-order valence-electron chi connectivity index (χ1n) is 31.0. The lowest BCUT2D eigenvalue weighted by atomic mass is 10.1. The molecule has 0 spiro atoms. The molecule has 0 amide bonds. The average Bonchev–Trinajstić information content (AvgIpc) is 1.77. The van der Waals surface area contributed by atoms with Crippen molar-refractivity contribution in [2.24, 2.45) is 0 Å². The van der Waals surface area contributed by atoms with Gasteiger partial charge in [-0.2, -0.15) is 0 Å². The Hall–Kier alpha value is -7.18. The van der Waals surface area contributed by atoms with Crippen LogP contribution in [-0.4, -0.2) is 31.5 Å². The average molecular weight is 1480 g/mol. The van der Waals surface area contributed by atoms with E-state index in [9.17, 15) is 5.11 Å². The van der Waals surface area contributed by atoms with E-state index in [1.807, 2.05) is 99.9 Å². The highest BCUT2D eigenvalue weighted by molar-refractivity contribution is 7.28. The molecule has 0 unspecified atom stereocenters. The number of hydrogen-bond donors (Lipinski definition) is 1. The lowest BCUT2D eigenvalue weighted by molar-refractivity contribution is 0.269. The Morgan fingerprint density at radius 3 is 0.698 bits per heavy atom. The second kappa shape index (κ2) is 31.1. The van der Waals surface area contributed by atoms with Crippen molar-refractivity contribution < 1.29 is 33.5 Å². The van der Waals surface area contributed by atoms with Gasteiger partial charge in [0.25, 0.3) is 0 Å². The molecule has 0 radical (unpaired) electrons. The fourth-order valence-electron chi connectivity index (χ4n) is 11.2. The number of hydrogen-bond acceptors (Lipinski definition) is 19. The molecule has 0 saturated heterocycles. The monoisotopic (exact) mass is 1480 g/mol. The van der Waals surface area contributed by atoms with Crippen LogP contribution in [0, 0.1) is 0 Å². The van der Waals surface area contributed by atoms with Crippen molar-refractivity contribution in [2.75, 3.05) is 26.4 Å². The van der Waals surface area contributed by atoms with Crippen LogP contribution in [0.25, 0.3) is 78.0 Å². The quantitative estimate of drug-likeness (QED) is 0.0464. The Bertz CT molecular complexity index is 4300. The zero-order valence-corrected chi connectivity index (χ0v) is 61.2. The first-order chi connectivity index (χ1) is 47.4. The van der Waals surface area contributed by atoms with Gasteiger partial charge in [0.2, 0.25) is 0 Å². The van der Waals surface area contributed by atoms with Crippen molar-refractivity contribution >= 4 is 136 Å². The Balaban J connectivity index is 0.664. The summed E-state index contributed by atoms with van der Waals surface area (Å²) in [5, 5.41) is 27.8. The number of ether oxygens (including phenoxy) is 6. The highest BCUT2D eigenvalue weighted by atomic mass is 32.1. The van der Waals surface area contributed by atoms with Gasteiger partial charge in [-0.15, -0.1) is 136 Å². The van der Waals surface area contributed by atoms with Crippen LogP contribution in [0.1, 0.15) is 38.9 Å². The van der Waals surface area contributed by atoms with E-state index in [1.165, 1.54) is 100 Å². The second-order valence-electron chi connectivity index (χ2n) is 22.2. The van der Waals surface area contributed by atoms with E-state index >= 15 is 0 Å². The predicted molar refractivity (Wildman–Crippen MR) is 414 cm³/mol. The molecule has 0 fully saturated rings. The van der Waals surface area contributed by atoms with E-state index in [0.717, 1.165) is 36.8 Å². The molecule has 0 aliphatic rings. The molecule has 482 valence electrons. The first kappa shape index (κ1) is 64.8. The van der Waals surface area contributed by atoms with Gasteiger partial charge in [0.15, 0.2) is 0 Å². The maximum Gasteiger partial charge on any atom is 0.123 e. The molecule has 0 atom stereocenters. The van der Waals surface area contributed by atoms with E-state index in [0.29, 0.717) is 66.5 Å². The minimum atomic E-state index is -0.198. The fraction of sp³-hybridized carbons (Fsp3) is 0.143. The molecule has 0 saturated carbocycles. The van der Waals surface area contributed by atoms with E-state index in [1.54, 1.807) is 90.7 Å². The summed E-state index contributed by atoms with van der Waals surface area (Å²) >= 11 is 21.5. The number of aliphatic hydroxyl groups excluding tert-OH is 1. The van der Waals surface area contributed by atoms with E-state index in [2.05, 4.69) is 164 Å². The van der Waals surface area contributed by atoms with Gasteiger partial charge in [-0.3, -0.25) is 0 Å². The third-order valence-electron chi connectivity index (χ3n) is 15.6. The van der Waals surface area contributed by atoms with Gasteiger partial charge in [0.1, 0.15) is 47.7 Å². The lowest BCUT2D eigenvalue weighted by Gasteiger charge is -2.15. The van der Waals surface area contributed by atoms with Crippen LogP contribution < -0.4 is 28.4 Å². The lowest BCUT2D eigenvalue weighted by Crippen LogP contribution is -2.06. The van der Waals surface area contributed by atoms with Crippen LogP contribution in [0.3, 0.4) is 0 Å². The Labute approximate surface area is 605 Å². The van der Waals surface area contributed by atoms with Gasteiger partial charge >= 0.3 is 0 Å². The number of aliphatic hydroxyl groups is 1. The summed E-state index contributed by atoms with van der Waals surface area (Å²) in [4.78, 5) is 20.4. The number of benzene rings is 3. The van der Waals surface area contributed by atoms with Gasteiger partial charge in [-0.1, -0.05) is 48.5 Å². The molecule has 19 heteroatoms. The van der Waals surface area contributed by atoms with Crippen LogP contribution in [0.2, 0.25) is 0 Å². The van der Waals surface area contributed by atoms with Gasteiger partial charge in [0, 0.05) is 122 Å². The van der Waals surface area contributed by atoms with Gasteiger partial charge in [0.05, 0.1) is 33.0 Å². The first-order valence-corrected chi connectivity index (χ1v) is 41.4. The van der Waals surface area contributed by atoms with Crippen molar-refractivity contribution in [3.63, 3.8) is 0 Å². The van der Waals surface area contributed by atoms with E-state index < -0.39 is 0 Å². The molecule has 12 heterocycles. The second-order valence-corrected chi connectivity index (χ2v) is 34.0. The van der Waals surface area contributed by atoms with Crippen molar-refractivity contribution in [1.82, 2.24) is 0 Å². The molecule has 7 nitrogen and oxygen atoms in total. The van der Waals surface area contributed by atoms with Crippen LogP contribution in [-0.2, 0) is 45.5 Å². The fourth-order valence-corrected chi connectivity index (χ4v) is 22.9. The molecular formula is C77H60O7S12. The van der Waals surface area contributed by atoms with E-state index in [4.69, 9.17) is 28.4 Å². The Kier molecular flexibility index (Phi) is 21.0. The number of rotatable bonds is 31. The summed E-state index contributed by atoms with van der Waals surface area (Å²) in [6, 6.07) is 61.6. The van der Waals surface area contributed by atoms with Crippen LogP contribution in [0.4, 0.5) is 0 Å². The maximum absolute atomic E-state index is 10.7. The third kappa shape index (κ3) is 15.9. The summed E-state index contributed by atoms with van der Waals surface area (Å²) < 4.78 is 40.1. The molecule has 3 aromatic carbocycles. The van der Waals surface area contributed by atoms with Gasteiger partial charge in [-0.25, -0.2) is 0 Å². The van der Waals surface area contributed by atoms with Crippen LogP contribution in [0.5, 0.6) is 34.5 Å². The molecule has 96 heavy (non-hydrogen) atoms. The molecule has 1 N–H and O–H groups in total. The molecule has 0 bridgehead atoms. The van der Waals surface area contributed by atoms with Crippen LogP contribution in [0.15, 0.2) is 219 Å². The van der Waals surface area contributed by atoms with Crippen molar-refractivity contribution in [1.29, 1.82) is 0 Å². The summed E-state index contributed by atoms with van der Waals surface area (Å²) in [5.74, 6) is 3.91. The summed E-state index contributed by atoms with van der Waals surface area (Å²) in [6.45, 7) is 2.12. The predicted octanol–water partition coefficient (Wildman–Crippen LogP) is 24.9. The van der Waals surface area contributed by atoms with Crippen LogP contribution >= 0.6 is 136 Å². The normalized spacial score (nSPS) is 11.4. The molecule has 0 aliphatic carbocycles. The highest BCUT2D eigenvalue weighted by Crippen LogP contribution is 2.47. The van der Waals surface area contributed by atoms with E-state index in [-0.39, 0.29) is 19.8 Å². The zero-order valence-electron chi connectivity index (χ0n) is 51.4. The zero-order chi connectivity index (χ0) is 64.4. The third-order valence-corrected chi connectivity index (χ3v) is 28.8. The molecule has 12 aromatic heterocycles. The minimum Gasteiger partial charge on any atom is -0.493 e.